The molecule has 2 heteroatoms. The number of amides is 1. The molecule has 0 spiro atoms. The standard InChI is InChI=1S/C11H17NO/c1-11(2)6-4-5-9-8(11)7-10(13)12(9)3/h5,8H,4,6-7H2,1-3H3/t8-/m1/s1. The van der Waals surface area contributed by atoms with Gasteiger partial charge in [0.05, 0.1) is 0 Å². The molecule has 0 aromatic rings. The van der Waals surface area contributed by atoms with Gasteiger partial charge in [0, 0.05) is 25.1 Å². The molecule has 0 saturated carbocycles. The zero-order valence-corrected chi connectivity index (χ0v) is 8.63. The van der Waals surface area contributed by atoms with E-state index in [1.165, 1.54) is 12.1 Å². The van der Waals surface area contributed by atoms with E-state index in [2.05, 4.69) is 19.9 Å². The Hall–Kier alpha value is -0.790. The molecule has 0 aromatic heterocycles. The van der Waals surface area contributed by atoms with E-state index in [9.17, 15) is 4.79 Å². The molecule has 1 saturated heterocycles. The maximum atomic E-state index is 11.5. The molecular weight excluding hydrogens is 162 g/mol. The first kappa shape index (κ1) is 8.79. The van der Waals surface area contributed by atoms with Crippen LogP contribution in [0.15, 0.2) is 11.8 Å². The van der Waals surface area contributed by atoms with E-state index in [4.69, 9.17) is 0 Å². The molecule has 72 valence electrons. The second-order valence-corrected chi connectivity index (χ2v) is 4.87. The Morgan fingerprint density at radius 1 is 1.54 bits per heavy atom. The average Bonchev–Trinajstić information content (AvgIpc) is 2.32. The van der Waals surface area contributed by atoms with E-state index in [1.807, 2.05) is 11.9 Å². The van der Waals surface area contributed by atoms with Crippen molar-refractivity contribution in [1.29, 1.82) is 0 Å². The molecular formula is C11H17NO. The molecule has 0 bridgehead atoms. The Bertz CT molecular complexity index is 278. The first-order chi connectivity index (χ1) is 6.02. The lowest BCUT2D eigenvalue weighted by Gasteiger charge is -2.35. The van der Waals surface area contributed by atoms with Crippen LogP contribution in [0.25, 0.3) is 0 Å². The van der Waals surface area contributed by atoms with Gasteiger partial charge in [-0.25, -0.2) is 0 Å². The first-order valence-electron chi connectivity index (χ1n) is 4.99. The number of hydrogen-bond acceptors (Lipinski definition) is 1. The van der Waals surface area contributed by atoms with Gasteiger partial charge in [-0.3, -0.25) is 4.79 Å². The van der Waals surface area contributed by atoms with Crippen LogP contribution in [0.4, 0.5) is 0 Å². The van der Waals surface area contributed by atoms with Crippen molar-refractivity contribution in [1.82, 2.24) is 4.90 Å². The molecule has 1 aliphatic carbocycles. The smallest absolute Gasteiger partial charge is 0.227 e. The number of nitrogens with zero attached hydrogens (tertiary/aromatic N) is 1. The fourth-order valence-corrected chi connectivity index (χ4v) is 2.52. The number of rotatable bonds is 0. The summed E-state index contributed by atoms with van der Waals surface area (Å²) in [5.41, 5.74) is 1.58. The zero-order valence-electron chi connectivity index (χ0n) is 8.63. The molecule has 0 N–H and O–H groups in total. The molecule has 1 fully saturated rings. The zero-order chi connectivity index (χ0) is 9.64. The second kappa shape index (κ2) is 2.60. The molecule has 1 heterocycles. The van der Waals surface area contributed by atoms with Crippen LogP contribution in [0.5, 0.6) is 0 Å². The van der Waals surface area contributed by atoms with Crippen molar-refractivity contribution in [2.75, 3.05) is 7.05 Å². The second-order valence-electron chi connectivity index (χ2n) is 4.87. The average molecular weight is 179 g/mol. The quantitative estimate of drug-likeness (QED) is 0.558. The fraction of sp³-hybridized carbons (Fsp3) is 0.727. The summed E-state index contributed by atoms with van der Waals surface area (Å²) in [7, 11) is 1.90. The van der Waals surface area contributed by atoms with E-state index in [0.29, 0.717) is 11.3 Å². The van der Waals surface area contributed by atoms with Crippen molar-refractivity contribution in [3.05, 3.63) is 11.8 Å². The Morgan fingerprint density at radius 2 is 2.23 bits per heavy atom. The summed E-state index contributed by atoms with van der Waals surface area (Å²) < 4.78 is 0. The summed E-state index contributed by atoms with van der Waals surface area (Å²) >= 11 is 0. The molecule has 13 heavy (non-hydrogen) atoms. The van der Waals surface area contributed by atoms with Gasteiger partial charge in [0.15, 0.2) is 0 Å². The third-order valence-electron chi connectivity index (χ3n) is 3.58. The van der Waals surface area contributed by atoms with E-state index >= 15 is 0 Å². The highest BCUT2D eigenvalue weighted by molar-refractivity contribution is 5.82. The lowest BCUT2D eigenvalue weighted by Crippen LogP contribution is -2.28. The van der Waals surface area contributed by atoms with Gasteiger partial charge >= 0.3 is 0 Å². The summed E-state index contributed by atoms with van der Waals surface area (Å²) in [6.07, 6.45) is 5.29. The van der Waals surface area contributed by atoms with Crippen LogP contribution >= 0.6 is 0 Å². The van der Waals surface area contributed by atoms with Crippen molar-refractivity contribution in [2.45, 2.75) is 33.1 Å². The van der Waals surface area contributed by atoms with Gasteiger partial charge in [-0.15, -0.1) is 0 Å². The molecule has 1 aliphatic heterocycles. The van der Waals surface area contributed by atoms with E-state index < -0.39 is 0 Å². The molecule has 0 unspecified atom stereocenters. The van der Waals surface area contributed by atoms with Gasteiger partial charge in [0.25, 0.3) is 0 Å². The van der Waals surface area contributed by atoms with E-state index in [-0.39, 0.29) is 5.91 Å². The van der Waals surface area contributed by atoms with Gasteiger partial charge < -0.3 is 4.90 Å². The normalized spacial score (nSPS) is 31.6. The highest BCUT2D eigenvalue weighted by Crippen LogP contribution is 2.47. The van der Waals surface area contributed by atoms with Gasteiger partial charge in [-0.05, 0) is 18.3 Å². The Morgan fingerprint density at radius 3 is 2.85 bits per heavy atom. The van der Waals surface area contributed by atoms with E-state index in [1.54, 1.807) is 0 Å². The Balaban J connectivity index is 2.36. The maximum Gasteiger partial charge on any atom is 0.227 e. The van der Waals surface area contributed by atoms with Gasteiger partial charge in [-0.2, -0.15) is 0 Å². The summed E-state index contributed by atoms with van der Waals surface area (Å²) in [6.45, 7) is 4.55. The van der Waals surface area contributed by atoms with Crippen LogP contribution in [0.2, 0.25) is 0 Å². The van der Waals surface area contributed by atoms with Crippen LogP contribution in [-0.2, 0) is 4.79 Å². The van der Waals surface area contributed by atoms with Crippen molar-refractivity contribution < 1.29 is 4.79 Å². The van der Waals surface area contributed by atoms with E-state index in [0.717, 1.165) is 12.8 Å². The molecule has 2 nitrogen and oxygen atoms in total. The predicted molar refractivity (Wildman–Crippen MR) is 52.0 cm³/mol. The minimum absolute atomic E-state index is 0.284. The van der Waals surface area contributed by atoms with Crippen molar-refractivity contribution in [3.8, 4) is 0 Å². The molecule has 1 amide bonds. The van der Waals surface area contributed by atoms with Gasteiger partial charge in [-0.1, -0.05) is 19.9 Å². The largest absolute Gasteiger partial charge is 0.319 e. The van der Waals surface area contributed by atoms with Gasteiger partial charge in [0.2, 0.25) is 5.91 Å². The number of fused-ring (bicyclic) bond motifs is 1. The topological polar surface area (TPSA) is 20.3 Å². The van der Waals surface area contributed by atoms with Crippen molar-refractivity contribution in [3.63, 3.8) is 0 Å². The minimum atomic E-state index is 0.284. The van der Waals surface area contributed by atoms with Crippen LogP contribution in [-0.4, -0.2) is 17.9 Å². The number of allylic oxidation sites excluding steroid dienone is 2. The summed E-state index contributed by atoms with van der Waals surface area (Å²) in [4.78, 5) is 13.4. The lowest BCUT2D eigenvalue weighted by atomic mass is 9.70. The molecule has 1 atom stereocenters. The third kappa shape index (κ3) is 1.19. The summed E-state index contributed by atoms with van der Waals surface area (Å²) in [5.74, 6) is 0.755. The highest BCUT2D eigenvalue weighted by atomic mass is 16.2. The SMILES string of the molecule is CN1C(=O)C[C@@H]2C1=CCCC2(C)C. The van der Waals surface area contributed by atoms with Crippen molar-refractivity contribution >= 4 is 5.91 Å². The fourth-order valence-electron chi connectivity index (χ4n) is 2.52. The monoisotopic (exact) mass is 179 g/mol. The summed E-state index contributed by atoms with van der Waals surface area (Å²) in [5, 5.41) is 0. The highest BCUT2D eigenvalue weighted by Gasteiger charge is 2.43. The number of hydrogen-bond donors (Lipinski definition) is 0. The minimum Gasteiger partial charge on any atom is -0.319 e. The lowest BCUT2D eigenvalue weighted by molar-refractivity contribution is -0.125. The molecule has 2 aliphatic rings. The molecule has 0 radical (unpaired) electrons. The predicted octanol–water partition coefficient (Wildman–Crippen LogP) is 2.17. The number of carbonyl (C=O) groups is 1. The van der Waals surface area contributed by atoms with Crippen molar-refractivity contribution in [2.24, 2.45) is 11.3 Å². The van der Waals surface area contributed by atoms with Gasteiger partial charge in [0.1, 0.15) is 0 Å². The van der Waals surface area contributed by atoms with Crippen LogP contribution in [0.3, 0.4) is 0 Å². The summed E-state index contributed by atoms with van der Waals surface area (Å²) in [6, 6.07) is 0. The Labute approximate surface area is 79.6 Å². The number of carbonyl (C=O) groups excluding carboxylic acids is 1. The maximum absolute atomic E-state index is 11.5. The molecule has 2 rings (SSSR count). The number of likely N-dealkylation sites (tertiary alicyclic amines) is 1. The van der Waals surface area contributed by atoms with Crippen LogP contribution in [0, 0.1) is 11.3 Å². The van der Waals surface area contributed by atoms with Crippen LogP contribution < -0.4 is 0 Å². The van der Waals surface area contributed by atoms with Crippen LogP contribution in [0.1, 0.15) is 33.1 Å². The Kier molecular flexibility index (Phi) is 1.76. The first-order valence-corrected chi connectivity index (χ1v) is 4.99. The molecule has 0 aromatic carbocycles. The third-order valence-corrected chi connectivity index (χ3v) is 3.58.